The van der Waals surface area contributed by atoms with Gasteiger partial charge in [-0.25, -0.2) is 0 Å². The standard InChI is InChI=1S/C39H45F2O8P/c1-3-47-50(42,48-4-2)39(40,41)25-34-35(43-26-30-17-9-5-10-18-30)36(44-27-31-19-11-6-12-20-31)37(45-28-32-21-13-7-14-22-32)38(49-34)46-29-33-23-15-8-16-24-33/h5-24,34-38H,3-4,25-29H2,1-2H3/t34-,35-,36+,37-,38-/m1/s1. The Labute approximate surface area is 293 Å². The maximum atomic E-state index is 16.2. The molecule has 4 aromatic carbocycles. The Morgan fingerprint density at radius 1 is 0.560 bits per heavy atom. The number of benzene rings is 4. The first-order chi connectivity index (χ1) is 24.3. The van der Waals surface area contributed by atoms with E-state index in [9.17, 15) is 4.57 Å². The van der Waals surface area contributed by atoms with Crippen LogP contribution in [-0.2, 0) is 63.7 Å². The summed E-state index contributed by atoms with van der Waals surface area (Å²) in [4.78, 5) is 0. The third-order valence-electron chi connectivity index (χ3n) is 8.15. The molecule has 8 nitrogen and oxygen atoms in total. The summed E-state index contributed by atoms with van der Waals surface area (Å²) in [5.41, 5.74) is -0.521. The number of halogens is 2. The highest BCUT2D eigenvalue weighted by molar-refractivity contribution is 7.55. The van der Waals surface area contributed by atoms with Crippen LogP contribution in [0, 0.1) is 0 Å². The van der Waals surface area contributed by atoms with Gasteiger partial charge < -0.3 is 32.7 Å². The topological polar surface area (TPSA) is 81.7 Å². The maximum Gasteiger partial charge on any atom is 0.399 e. The summed E-state index contributed by atoms with van der Waals surface area (Å²) >= 11 is 0. The number of rotatable bonds is 19. The van der Waals surface area contributed by atoms with Crippen molar-refractivity contribution in [2.24, 2.45) is 0 Å². The van der Waals surface area contributed by atoms with Gasteiger partial charge in [0.2, 0.25) is 0 Å². The van der Waals surface area contributed by atoms with Crippen LogP contribution in [-0.4, -0.2) is 49.6 Å². The summed E-state index contributed by atoms with van der Waals surface area (Å²) in [6.07, 6.45) is -6.59. The molecule has 0 radical (unpaired) electrons. The van der Waals surface area contributed by atoms with Gasteiger partial charge >= 0.3 is 13.3 Å². The van der Waals surface area contributed by atoms with Crippen molar-refractivity contribution in [1.29, 1.82) is 0 Å². The Morgan fingerprint density at radius 2 is 0.920 bits per heavy atom. The number of ether oxygens (including phenoxy) is 5. The molecule has 0 aromatic heterocycles. The van der Waals surface area contributed by atoms with Crippen LogP contribution in [0.15, 0.2) is 121 Å². The molecular weight excluding hydrogens is 665 g/mol. The normalized spacial score (nSPS) is 21.2. The van der Waals surface area contributed by atoms with Gasteiger partial charge in [0.15, 0.2) is 6.29 Å². The predicted octanol–water partition coefficient (Wildman–Crippen LogP) is 8.93. The molecule has 1 aliphatic rings. The van der Waals surface area contributed by atoms with Gasteiger partial charge in [-0.05, 0) is 36.1 Å². The largest absolute Gasteiger partial charge is 0.399 e. The summed E-state index contributed by atoms with van der Waals surface area (Å²) in [6.45, 7) is 2.99. The van der Waals surface area contributed by atoms with Crippen LogP contribution < -0.4 is 0 Å². The molecule has 5 atom stereocenters. The molecule has 1 fully saturated rings. The summed E-state index contributed by atoms with van der Waals surface area (Å²) in [7, 11) is -4.91. The average molecular weight is 711 g/mol. The highest BCUT2D eigenvalue weighted by Gasteiger charge is 2.59. The van der Waals surface area contributed by atoms with Crippen LogP contribution in [0.25, 0.3) is 0 Å². The molecule has 50 heavy (non-hydrogen) atoms. The van der Waals surface area contributed by atoms with E-state index in [0.717, 1.165) is 22.3 Å². The lowest BCUT2D eigenvalue weighted by molar-refractivity contribution is -0.330. The summed E-state index contributed by atoms with van der Waals surface area (Å²) in [6, 6.07) is 37.9. The molecule has 0 bridgehead atoms. The van der Waals surface area contributed by atoms with Crippen LogP contribution in [0.3, 0.4) is 0 Å². The van der Waals surface area contributed by atoms with E-state index in [2.05, 4.69) is 0 Å². The molecule has 0 saturated carbocycles. The summed E-state index contributed by atoms with van der Waals surface area (Å²) in [5.74, 6) is 0. The minimum Gasteiger partial charge on any atom is -0.368 e. The van der Waals surface area contributed by atoms with Crippen LogP contribution in [0.4, 0.5) is 8.78 Å². The number of alkyl halides is 2. The molecule has 11 heteroatoms. The predicted molar refractivity (Wildman–Crippen MR) is 185 cm³/mol. The van der Waals surface area contributed by atoms with Crippen molar-refractivity contribution in [3.8, 4) is 0 Å². The molecule has 0 amide bonds. The first-order valence-corrected chi connectivity index (χ1v) is 18.4. The maximum absolute atomic E-state index is 16.2. The Balaban J connectivity index is 1.53. The first-order valence-electron chi connectivity index (χ1n) is 16.9. The Bertz CT molecular complexity index is 1570. The lowest BCUT2D eigenvalue weighted by atomic mass is 9.95. The third-order valence-corrected chi connectivity index (χ3v) is 10.3. The molecule has 0 unspecified atom stereocenters. The van der Waals surface area contributed by atoms with E-state index in [-0.39, 0.29) is 39.6 Å². The zero-order valence-corrected chi connectivity index (χ0v) is 29.2. The molecular formula is C39H45F2O8P. The first kappa shape index (κ1) is 37.9. The zero-order chi connectivity index (χ0) is 35.2. The molecule has 268 valence electrons. The van der Waals surface area contributed by atoms with Gasteiger partial charge in [0.1, 0.15) is 18.3 Å². The fourth-order valence-corrected chi connectivity index (χ4v) is 7.25. The van der Waals surface area contributed by atoms with Gasteiger partial charge in [0.25, 0.3) is 0 Å². The second kappa shape index (κ2) is 18.8. The van der Waals surface area contributed by atoms with Crippen molar-refractivity contribution in [2.45, 2.75) is 83.1 Å². The second-order valence-electron chi connectivity index (χ2n) is 11.8. The minimum absolute atomic E-state index is 0.0671. The Hall–Kier alpha value is -3.31. The second-order valence-corrected chi connectivity index (χ2v) is 14.0. The van der Waals surface area contributed by atoms with Crippen molar-refractivity contribution >= 4 is 7.60 Å². The Morgan fingerprint density at radius 3 is 1.32 bits per heavy atom. The van der Waals surface area contributed by atoms with Crippen molar-refractivity contribution in [1.82, 2.24) is 0 Å². The highest BCUT2D eigenvalue weighted by atomic mass is 31.2. The third kappa shape index (κ3) is 10.4. The van der Waals surface area contributed by atoms with Crippen LogP contribution >= 0.6 is 7.60 Å². The highest BCUT2D eigenvalue weighted by Crippen LogP contribution is 2.64. The van der Waals surface area contributed by atoms with Gasteiger partial charge in [-0.2, -0.15) is 8.78 Å². The van der Waals surface area contributed by atoms with Crippen molar-refractivity contribution in [3.63, 3.8) is 0 Å². The lowest BCUT2D eigenvalue weighted by Gasteiger charge is -2.46. The number of hydrogen-bond donors (Lipinski definition) is 0. The number of hydrogen-bond acceptors (Lipinski definition) is 8. The zero-order valence-electron chi connectivity index (χ0n) is 28.4. The average Bonchev–Trinajstić information content (AvgIpc) is 3.14. The molecule has 1 heterocycles. The molecule has 0 N–H and O–H groups in total. The SMILES string of the molecule is CCOP(=O)(OCC)C(F)(F)C[C@H]1O[C@@H](OCc2ccccc2)[C@H](OCc2ccccc2)[C@@H](OCc2ccccc2)[C@@H]1OCc1ccccc1. The smallest absolute Gasteiger partial charge is 0.368 e. The summed E-state index contributed by atoms with van der Waals surface area (Å²) < 4.78 is 88.5. The monoisotopic (exact) mass is 710 g/mol. The van der Waals surface area contributed by atoms with Crippen LogP contribution in [0.2, 0.25) is 0 Å². The van der Waals surface area contributed by atoms with Crippen LogP contribution in [0.5, 0.6) is 0 Å². The van der Waals surface area contributed by atoms with E-state index in [1.165, 1.54) is 13.8 Å². The quantitative estimate of drug-likeness (QED) is 0.0893. The molecule has 4 aromatic rings. The van der Waals surface area contributed by atoms with E-state index >= 15 is 8.78 Å². The lowest BCUT2D eigenvalue weighted by Crippen LogP contribution is -2.61. The van der Waals surface area contributed by atoms with E-state index in [1.807, 2.05) is 121 Å². The molecule has 0 aliphatic carbocycles. The van der Waals surface area contributed by atoms with E-state index in [0.29, 0.717) is 0 Å². The molecule has 1 aliphatic heterocycles. The van der Waals surface area contributed by atoms with Gasteiger partial charge in [-0.3, -0.25) is 4.57 Å². The van der Waals surface area contributed by atoms with Gasteiger partial charge in [-0.15, -0.1) is 0 Å². The fraction of sp³-hybridized carbons (Fsp3) is 0.385. The van der Waals surface area contributed by atoms with E-state index in [1.54, 1.807) is 0 Å². The molecule has 1 saturated heterocycles. The van der Waals surface area contributed by atoms with E-state index < -0.39 is 50.4 Å². The minimum atomic E-state index is -4.91. The van der Waals surface area contributed by atoms with Crippen molar-refractivity contribution in [2.75, 3.05) is 13.2 Å². The van der Waals surface area contributed by atoms with Gasteiger partial charge in [0.05, 0.1) is 52.2 Å². The van der Waals surface area contributed by atoms with Gasteiger partial charge in [-0.1, -0.05) is 121 Å². The summed E-state index contributed by atoms with van der Waals surface area (Å²) in [5, 5.41) is 0. The van der Waals surface area contributed by atoms with E-state index in [4.69, 9.17) is 32.7 Å². The van der Waals surface area contributed by atoms with Gasteiger partial charge in [0, 0.05) is 0 Å². The Kier molecular flexibility index (Phi) is 14.3. The fourth-order valence-electron chi connectivity index (χ4n) is 5.72. The van der Waals surface area contributed by atoms with Crippen LogP contribution in [0.1, 0.15) is 42.5 Å². The van der Waals surface area contributed by atoms with Crippen molar-refractivity contribution < 1.29 is 46.1 Å². The molecule has 5 rings (SSSR count). The molecule has 0 spiro atoms. The van der Waals surface area contributed by atoms with Crippen molar-refractivity contribution in [3.05, 3.63) is 144 Å².